The van der Waals surface area contributed by atoms with Crippen LogP contribution in [-0.2, 0) is 9.16 Å². The molecule has 6 heteroatoms. The van der Waals surface area contributed by atoms with Crippen molar-refractivity contribution in [1.29, 1.82) is 0 Å². The molecular formula is C15H34N2O3Si. The molecule has 1 atom stereocenters. The maximum Gasteiger partial charge on any atom is 0.412 e. The number of ether oxygens (including phenoxy) is 1. The number of carbonyl (C=O) groups excluding carboxylic acids is 1. The van der Waals surface area contributed by atoms with Gasteiger partial charge < -0.3 is 14.9 Å². The van der Waals surface area contributed by atoms with Gasteiger partial charge in [-0.1, -0.05) is 20.8 Å². The van der Waals surface area contributed by atoms with Crippen molar-refractivity contribution >= 4 is 14.4 Å². The maximum absolute atomic E-state index is 12.2. The van der Waals surface area contributed by atoms with E-state index in [0.29, 0.717) is 6.54 Å². The van der Waals surface area contributed by atoms with E-state index in [-0.39, 0.29) is 23.9 Å². The topological polar surface area (TPSA) is 64.8 Å². The lowest BCUT2D eigenvalue weighted by atomic mass is 10.2. The Morgan fingerprint density at radius 2 is 1.67 bits per heavy atom. The van der Waals surface area contributed by atoms with E-state index >= 15 is 0 Å². The van der Waals surface area contributed by atoms with Gasteiger partial charge >= 0.3 is 6.09 Å². The summed E-state index contributed by atoms with van der Waals surface area (Å²) in [4.78, 5) is 13.8. The molecule has 0 aliphatic carbocycles. The molecule has 0 aliphatic heterocycles. The summed E-state index contributed by atoms with van der Waals surface area (Å²) >= 11 is 0. The normalized spacial score (nSPS) is 14.8. The third-order valence-corrected chi connectivity index (χ3v) is 8.01. The van der Waals surface area contributed by atoms with Crippen LogP contribution in [-0.4, -0.2) is 44.2 Å². The number of nitrogens with two attached hydrogens (primary N) is 1. The molecule has 2 N–H and O–H groups in total. The average Bonchev–Trinajstić information content (AvgIpc) is 2.19. The van der Waals surface area contributed by atoms with Crippen LogP contribution in [0.25, 0.3) is 0 Å². The second kappa shape index (κ2) is 7.11. The molecule has 1 amide bonds. The molecule has 0 spiro atoms. The summed E-state index contributed by atoms with van der Waals surface area (Å²) in [5.41, 5.74) is 5.30. The fourth-order valence-electron chi connectivity index (χ4n) is 1.31. The van der Waals surface area contributed by atoms with Crippen molar-refractivity contribution in [3.8, 4) is 0 Å². The summed E-state index contributed by atoms with van der Waals surface area (Å²) in [6.45, 7) is 18.9. The minimum atomic E-state index is -1.91. The van der Waals surface area contributed by atoms with Crippen molar-refractivity contribution in [2.75, 3.05) is 13.3 Å². The van der Waals surface area contributed by atoms with Gasteiger partial charge in [-0.15, -0.1) is 0 Å². The van der Waals surface area contributed by atoms with Gasteiger partial charge in [0.2, 0.25) is 0 Å². The van der Waals surface area contributed by atoms with Crippen molar-refractivity contribution in [2.24, 2.45) is 5.73 Å². The summed E-state index contributed by atoms with van der Waals surface area (Å²) in [5, 5.41) is 0.0981. The molecule has 5 nitrogen and oxygen atoms in total. The predicted molar refractivity (Wildman–Crippen MR) is 89.7 cm³/mol. The van der Waals surface area contributed by atoms with E-state index in [1.54, 1.807) is 4.90 Å². The minimum absolute atomic E-state index is 0.0981. The first-order valence-electron chi connectivity index (χ1n) is 7.53. The molecule has 0 aromatic rings. The molecular weight excluding hydrogens is 284 g/mol. The summed E-state index contributed by atoms with van der Waals surface area (Å²) in [7, 11) is -1.91. The number of nitrogens with zero attached hydrogens (tertiary/aromatic N) is 1. The quantitative estimate of drug-likeness (QED) is 0.622. The third-order valence-electron chi connectivity index (χ3n) is 3.55. The zero-order valence-corrected chi connectivity index (χ0v) is 16.2. The molecule has 0 aromatic carbocycles. The van der Waals surface area contributed by atoms with Gasteiger partial charge in [0.25, 0.3) is 0 Å². The van der Waals surface area contributed by atoms with Gasteiger partial charge in [0.15, 0.2) is 8.32 Å². The monoisotopic (exact) mass is 318 g/mol. The van der Waals surface area contributed by atoms with Crippen LogP contribution in [0.5, 0.6) is 0 Å². The molecule has 0 bridgehead atoms. The minimum Gasteiger partial charge on any atom is -0.444 e. The van der Waals surface area contributed by atoms with Crippen LogP contribution in [0.15, 0.2) is 0 Å². The first-order chi connectivity index (χ1) is 9.16. The highest BCUT2D eigenvalue weighted by molar-refractivity contribution is 6.74. The third kappa shape index (κ3) is 7.83. The van der Waals surface area contributed by atoms with Crippen LogP contribution in [0.3, 0.4) is 0 Å². The average molecular weight is 319 g/mol. The van der Waals surface area contributed by atoms with Gasteiger partial charge in [-0.2, -0.15) is 0 Å². The fourth-order valence-corrected chi connectivity index (χ4v) is 2.22. The van der Waals surface area contributed by atoms with Gasteiger partial charge in [0, 0.05) is 12.6 Å². The van der Waals surface area contributed by atoms with Crippen molar-refractivity contribution in [3.05, 3.63) is 0 Å². The molecule has 0 saturated heterocycles. The van der Waals surface area contributed by atoms with E-state index in [4.69, 9.17) is 14.9 Å². The van der Waals surface area contributed by atoms with Crippen molar-refractivity contribution in [1.82, 2.24) is 4.90 Å². The van der Waals surface area contributed by atoms with Gasteiger partial charge in [0.1, 0.15) is 12.3 Å². The highest BCUT2D eigenvalue weighted by atomic mass is 28.4. The Kier molecular flexibility index (Phi) is 6.91. The second-order valence-electron chi connectivity index (χ2n) is 8.21. The van der Waals surface area contributed by atoms with Crippen LogP contribution in [0.2, 0.25) is 18.1 Å². The number of carbonyl (C=O) groups is 1. The summed E-state index contributed by atoms with van der Waals surface area (Å²) < 4.78 is 11.5. The standard InChI is InChI=1S/C15H34N2O3Si/c1-12(16)10-17(13(18)20-14(2,3)4)11-19-21(8,9)15(5,6)7/h12H,10-11,16H2,1-9H3. The Hall–Kier alpha value is -0.593. The Bertz CT molecular complexity index is 344. The molecule has 0 fully saturated rings. The molecule has 21 heavy (non-hydrogen) atoms. The SMILES string of the molecule is CC(N)CN(CO[Si](C)(C)C(C)(C)C)C(=O)OC(C)(C)C. The summed E-state index contributed by atoms with van der Waals surface area (Å²) in [6.07, 6.45) is -0.376. The van der Waals surface area contributed by atoms with Crippen molar-refractivity contribution < 1.29 is 14.0 Å². The molecule has 0 aromatic heterocycles. The first-order valence-corrected chi connectivity index (χ1v) is 10.4. The lowest BCUT2D eigenvalue weighted by Crippen LogP contribution is -2.48. The van der Waals surface area contributed by atoms with Crippen LogP contribution in [0.1, 0.15) is 48.5 Å². The van der Waals surface area contributed by atoms with Gasteiger partial charge in [-0.3, -0.25) is 4.90 Å². The molecule has 0 aliphatic rings. The highest BCUT2D eigenvalue weighted by Gasteiger charge is 2.38. The van der Waals surface area contributed by atoms with Crippen molar-refractivity contribution in [2.45, 2.75) is 78.2 Å². The highest BCUT2D eigenvalue weighted by Crippen LogP contribution is 2.36. The van der Waals surface area contributed by atoms with Gasteiger partial charge in [-0.05, 0) is 45.8 Å². The Labute approximate surface area is 131 Å². The molecule has 0 heterocycles. The second-order valence-corrected chi connectivity index (χ2v) is 13.0. The number of hydrogen-bond acceptors (Lipinski definition) is 4. The zero-order chi connectivity index (χ0) is 17.1. The first kappa shape index (κ1) is 20.4. The Morgan fingerprint density at radius 1 is 1.19 bits per heavy atom. The molecule has 0 radical (unpaired) electrons. The van der Waals surface area contributed by atoms with E-state index in [0.717, 1.165) is 0 Å². The summed E-state index contributed by atoms with van der Waals surface area (Å²) in [6, 6.07) is -0.125. The predicted octanol–water partition coefficient (Wildman–Crippen LogP) is 3.55. The lowest BCUT2D eigenvalue weighted by molar-refractivity contribution is 0.00698. The smallest absolute Gasteiger partial charge is 0.412 e. The molecule has 1 unspecified atom stereocenters. The lowest BCUT2D eigenvalue weighted by Gasteiger charge is -2.38. The van der Waals surface area contributed by atoms with E-state index in [1.807, 2.05) is 27.7 Å². The van der Waals surface area contributed by atoms with Crippen molar-refractivity contribution in [3.63, 3.8) is 0 Å². The van der Waals surface area contributed by atoms with Gasteiger partial charge in [-0.25, -0.2) is 4.79 Å². The summed E-state index contributed by atoms with van der Waals surface area (Å²) in [5.74, 6) is 0. The Balaban J connectivity index is 4.83. The van der Waals surface area contributed by atoms with E-state index in [9.17, 15) is 4.79 Å². The van der Waals surface area contributed by atoms with Gasteiger partial charge in [0.05, 0.1) is 0 Å². The fraction of sp³-hybridized carbons (Fsp3) is 0.933. The van der Waals surface area contributed by atoms with E-state index in [2.05, 4.69) is 33.9 Å². The van der Waals surface area contributed by atoms with Crippen LogP contribution in [0, 0.1) is 0 Å². The largest absolute Gasteiger partial charge is 0.444 e. The van der Waals surface area contributed by atoms with Crippen LogP contribution >= 0.6 is 0 Å². The maximum atomic E-state index is 12.2. The van der Waals surface area contributed by atoms with Crippen LogP contribution in [0.4, 0.5) is 4.79 Å². The molecule has 0 rings (SSSR count). The van der Waals surface area contributed by atoms with E-state index in [1.165, 1.54) is 0 Å². The molecule has 0 saturated carbocycles. The van der Waals surface area contributed by atoms with Crippen LogP contribution < -0.4 is 5.73 Å². The molecule has 126 valence electrons. The van der Waals surface area contributed by atoms with E-state index < -0.39 is 13.9 Å². The Morgan fingerprint density at radius 3 is 2.00 bits per heavy atom. The number of amides is 1. The number of hydrogen-bond donors (Lipinski definition) is 1. The zero-order valence-electron chi connectivity index (χ0n) is 15.2. The number of rotatable bonds is 5.